The van der Waals surface area contributed by atoms with Gasteiger partial charge in [-0.3, -0.25) is 0 Å². The molecule has 0 heterocycles. The molecule has 0 aromatic heterocycles. The van der Waals surface area contributed by atoms with Gasteiger partial charge in [0.15, 0.2) is 5.96 Å². The molecule has 2 N–H and O–H groups in total. The maximum absolute atomic E-state index is 13.9. The predicted molar refractivity (Wildman–Crippen MR) is 90.0 cm³/mol. The summed E-state index contributed by atoms with van der Waals surface area (Å²) in [7, 11) is 5.33. The molecule has 0 amide bonds. The molecule has 1 aromatic carbocycles. The Morgan fingerprint density at radius 2 is 2.09 bits per heavy atom. The lowest BCUT2D eigenvalue weighted by molar-refractivity contribution is 0.195. The van der Waals surface area contributed by atoms with Crippen molar-refractivity contribution in [2.75, 3.05) is 45.8 Å². The molecule has 0 radical (unpaired) electrons. The third kappa shape index (κ3) is 6.30. The van der Waals surface area contributed by atoms with Crippen molar-refractivity contribution in [3.8, 4) is 0 Å². The second-order valence-electron chi connectivity index (χ2n) is 5.15. The zero-order valence-corrected chi connectivity index (χ0v) is 13.9. The van der Waals surface area contributed by atoms with Crippen LogP contribution in [0.2, 0.25) is 0 Å². The van der Waals surface area contributed by atoms with E-state index in [1.54, 1.807) is 18.1 Å². The van der Waals surface area contributed by atoms with Gasteiger partial charge >= 0.3 is 0 Å². The van der Waals surface area contributed by atoms with E-state index in [2.05, 4.69) is 15.6 Å². The number of benzene rings is 1. The summed E-state index contributed by atoms with van der Waals surface area (Å²) in [5, 5.41) is 6.40. The Balaban J connectivity index is 2.63. The Morgan fingerprint density at radius 3 is 2.68 bits per heavy atom. The maximum Gasteiger partial charge on any atom is 0.191 e. The first-order chi connectivity index (χ1) is 10.6. The molecule has 124 valence electrons. The molecule has 1 rings (SSSR count). The lowest BCUT2D eigenvalue weighted by atomic mass is 10.2. The molecule has 0 fully saturated rings. The van der Waals surface area contributed by atoms with Gasteiger partial charge in [0.05, 0.1) is 12.2 Å². The van der Waals surface area contributed by atoms with Gasteiger partial charge in [0.2, 0.25) is 0 Å². The minimum Gasteiger partial charge on any atom is -0.385 e. The average molecular weight is 310 g/mol. The van der Waals surface area contributed by atoms with Gasteiger partial charge in [-0.15, -0.1) is 0 Å². The molecular weight excluding hydrogens is 283 g/mol. The molecule has 0 aliphatic rings. The number of nitrogens with one attached hydrogen (secondary N) is 2. The highest BCUT2D eigenvalue weighted by Gasteiger charge is 2.05. The predicted octanol–water partition coefficient (Wildman–Crippen LogP) is 1.98. The van der Waals surface area contributed by atoms with E-state index in [1.807, 2.05) is 27.1 Å². The molecule has 1 aromatic rings. The van der Waals surface area contributed by atoms with E-state index in [1.165, 1.54) is 6.07 Å². The van der Waals surface area contributed by atoms with E-state index in [9.17, 15) is 4.39 Å². The van der Waals surface area contributed by atoms with Crippen LogP contribution in [0.3, 0.4) is 0 Å². The van der Waals surface area contributed by atoms with Crippen LogP contribution in [0.4, 0.5) is 10.1 Å². The van der Waals surface area contributed by atoms with Crippen LogP contribution in [0.25, 0.3) is 0 Å². The number of ether oxygens (including phenoxy) is 1. The molecular formula is C16H27FN4O. The van der Waals surface area contributed by atoms with Crippen molar-refractivity contribution >= 4 is 11.6 Å². The van der Waals surface area contributed by atoms with Crippen molar-refractivity contribution in [2.24, 2.45) is 4.99 Å². The zero-order valence-electron chi connectivity index (χ0n) is 13.9. The van der Waals surface area contributed by atoms with E-state index in [4.69, 9.17) is 4.74 Å². The van der Waals surface area contributed by atoms with E-state index >= 15 is 0 Å². The highest BCUT2D eigenvalue weighted by atomic mass is 19.1. The summed E-state index contributed by atoms with van der Waals surface area (Å²) < 4.78 is 18.9. The summed E-state index contributed by atoms with van der Waals surface area (Å²) in [6.45, 7) is 4.73. The van der Waals surface area contributed by atoms with Crippen molar-refractivity contribution in [3.05, 3.63) is 29.6 Å². The van der Waals surface area contributed by atoms with Crippen molar-refractivity contribution in [1.82, 2.24) is 10.6 Å². The van der Waals surface area contributed by atoms with Crippen molar-refractivity contribution in [3.63, 3.8) is 0 Å². The summed E-state index contributed by atoms with van der Waals surface area (Å²) in [6, 6.07) is 5.21. The molecule has 0 unspecified atom stereocenters. The van der Waals surface area contributed by atoms with Crippen LogP contribution < -0.4 is 15.5 Å². The first-order valence-electron chi connectivity index (χ1n) is 7.55. The number of methoxy groups -OCH3 is 1. The molecule has 0 spiro atoms. The fraction of sp³-hybridized carbons (Fsp3) is 0.562. The minimum absolute atomic E-state index is 0.226. The van der Waals surface area contributed by atoms with Gasteiger partial charge in [-0.25, -0.2) is 9.38 Å². The molecule has 0 aliphatic heterocycles. The molecule has 0 saturated heterocycles. The van der Waals surface area contributed by atoms with Gasteiger partial charge in [-0.2, -0.15) is 0 Å². The number of guanidine groups is 1. The smallest absolute Gasteiger partial charge is 0.191 e. The maximum atomic E-state index is 13.9. The third-order valence-corrected chi connectivity index (χ3v) is 3.08. The Hall–Kier alpha value is -1.82. The second kappa shape index (κ2) is 10.00. The van der Waals surface area contributed by atoms with Gasteiger partial charge in [0.25, 0.3) is 0 Å². The number of hydrogen-bond acceptors (Lipinski definition) is 3. The first kappa shape index (κ1) is 18.2. The van der Waals surface area contributed by atoms with Crippen molar-refractivity contribution < 1.29 is 9.13 Å². The van der Waals surface area contributed by atoms with Gasteiger partial charge in [-0.1, -0.05) is 6.07 Å². The second-order valence-corrected chi connectivity index (χ2v) is 5.15. The summed E-state index contributed by atoms with van der Waals surface area (Å²) in [4.78, 5) is 6.22. The molecule has 6 heteroatoms. The Bertz CT molecular complexity index is 477. The first-order valence-corrected chi connectivity index (χ1v) is 7.55. The largest absolute Gasteiger partial charge is 0.385 e. The van der Waals surface area contributed by atoms with E-state index < -0.39 is 0 Å². The molecule has 5 nitrogen and oxygen atoms in total. The van der Waals surface area contributed by atoms with Crippen molar-refractivity contribution in [2.45, 2.75) is 19.9 Å². The minimum atomic E-state index is -0.226. The Morgan fingerprint density at radius 1 is 1.32 bits per heavy atom. The molecule has 0 aliphatic carbocycles. The summed E-state index contributed by atoms with van der Waals surface area (Å²) >= 11 is 0. The van der Waals surface area contributed by atoms with E-state index in [-0.39, 0.29) is 5.82 Å². The number of halogens is 1. The monoisotopic (exact) mass is 310 g/mol. The van der Waals surface area contributed by atoms with Gasteiger partial charge in [0.1, 0.15) is 5.82 Å². The number of hydrogen-bond donors (Lipinski definition) is 2. The van der Waals surface area contributed by atoms with E-state index in [0.29, 0.717) is 18.8 Å². The van der Waals surface area contributed by atoms with Crippen LogP contribution in [0, 0.1) is 5.82 Å². The van der Waals surface area contributed by atoms with Crippen LogP contribution in [0.1, 0.15) is 18.9 Å². The highest BCUT2D eigenvalue weighted by Crippen LogP contribution is 2.18. The molecule has 0 saturated carbocycles. The van der Waals surface area contributed by atoms with Crippen LogP contribution in [0.15, 0.2) is 23.2 Å². The van der Waals surface area contributed by atoms with Gasteiger partial charge in [0, 0.05) is 40.9 Å². The molecule has 22 heavy (non-hydrogen) atoms. The summed E-state index contributed by atoms with van der Waals surface area (Å²) in [6.07, 6.45) is 0.910. The molecule has 0 bridgehead atoms. The van der Waals surface area contributed by atoms with Gasteiger partial charge < -0.3 is 20.3 Å². The van der Waals surface area contributed by atoms with Crippen molar-refractivity contribution in [1.29, 1.82) is 0 Å². The standard InChI is InChI=1S/C16H27FN4O/c1-5-18-16(19-9-6-10-22-4)20-12-13-7-8-15(21(2)3)14(17)11-13/h7-8,11H,5-6,9-10,12H2,1-4H3,(H2,18,19,20). The number of aliphatic imine (C=N–C) groups is 1. The Kier molecular flexibility index (Phi) is 8.28. The highest BCUT2D eigenvalue weighted by molar-refractivity contribution is 5.79. The quantitative estimate of drug-likeness (QED) is 0.438. The number of anilines is 1. The van der Waals surface area contributed by atoms with E-state index in [0.717, 1.165) is 31.0 Å². The average Bonchev–Trinajstić information content (AvgIpc) is 2.48. The number of rotatable bonds is 8. The molecule has 0 atom stereocenters. The van der Waals surface area contributed by atoms with Crippen LogP contribution in [0.5, 0.6) is 0 Å². The topological polar surface area (TPSA) is 48.9 Å². The summed E-state index contributed by atoms with van der Waals surface area (Å²) in [5.41, 5.74) is 1.43. The van der Waals surface area contributed by atoms with Crippen LogP contribution in [-0.2, 0) is 11.3 Å². The van der Waals surface area contributed by atoms with Gasteiger partial charge in [-0.05, 0) is 31.0 Å². The SMILES string of the molecule is CCNC(=NCc1ccc(N(C)C)c(F)c1)NCCCOC. The zero-order chi connectivity index (χ0) is 16.4. The fourth-order valence-corrected chi connectivity index (χ4v) is 1.95. The fourth-order valence-electron chi connectivity index (χ4n) is 1.95. The summed E-state index contributed by atoms with van der Waals surface area (Å²) in [5.74, 6) is 0.506. The Labute approximate surface area is 132 Å². The van der Waals surface area contributed by atoms with Crippen LogP contribution >= 0.6 is 0 Å². The normalized spacial score (nSPS) is 11.4. The lowest BCUT2D eigenvalue weighted by Gasteiger charge is -2.14. The third-order valence-electron chi connectivity index (χ3n) is 3.08. The number of nitrogens with zero attached hydrogens (tertiary/aromatic N) is 2. The lowest BCUT2D eigenvalue weighted by Crippen LogP contribution is -2.38. The van der Waals surface area contributed by atoms with Crippen LogP contribution in [-0.4, -0.2) is 46.9 Å².